The third-order valence-corrected chi connectivity index (χ3v) is 6.54. The third-order valence-electron chi connectivity index (χ3n) is 3.61. The summed E-state index contributed by atoms with van der Waals surface area (Å²) in [6, 6.07) is -0.635. The number of amides is 1. The molecular weight excluding hydrogens is 336 g/mol. The zero-order valence-electron chi connectivity index (χ0n) is 13.8. The van der Waals surface area contributed by atoms with E-state index in [9.17, 15) is 13.2 Å². The van der Waals surface area contributed by atoms with Crippen LogP contribution in [0.1, 0.15) is 45.0 Å². The molecule has 0 aromatic carbocycles. The Bertz CT molecular complexity index is 642. The molecule has 2 heterocycles. The highest BCUT2D eigenvalue weighted by Crippen LogP contribution is 2.24. The smallest absolute Gasteiger partial charge is 0.244 e. The zero-order chi connectivity index (χ0) is 17.0. The number of hydrogen-bond donors (Lipinski definition) is 1. The van der Waals surface area contributed by atoms with Gasteiger partial charge in [-0.15, -0.1) is 10.2 Å². The van der Waals surface area contributed by atoms with Gasteiger partial charge in [-0.3, -0.25) is 10.1 Å². The number of carbonyl (C=O) groups is 1. The molecule has 1 unspecified atom stereocenters. The number of anilines is 1. The molecule has 9 heteroatoms. The second kappa shape index (κ2) is 7.67. The van der Waals surface area contributed by atoms with Gasteiger partial charge in [0.1, 0.15) is 11.0 Å². The molecule has 0 radical (unpaired) electrons. The maximum Gasteiger partial charge on any atom is 0.244 e. The van der Waals surface area contributed by atoms with Crippen LogP contribution >= 0.6 is 11.3 Å². The van der Waals surface area contributed by atoms with Gasteiger partial charge in [0, 0.05) is 13.0 Å². The van der Waals surface area contributed by atoms with Crippen molar-refractivity contribution in [2.24, 2.45) is 5.92 Å². The van der Waals surface area contributed by atoms with Crippen molar-refractivity contribution >= 4 is 32.4 Å². The Morgan fingerprint density at radius 3 is 2.83 bits per heavy atom. The summed E-state index contributed by atoms with van der Waals surface area (Å²) in [7, 11) is -3.37. The lowest BCUT2D eigenvalue weighted by molar-refractivity contribution is -0.119. The first-order valence-corrected chi connectivity index (χ1v) is 10.4. The summed E-state index contributed by atoms with van der Waals surface area (Å²) in [5.41, 5.74) is 0. The quantitative estimate of drug-likeness (QED) is 0.801. The van der Waals surface area contributed by atoms with Gasteiger partial charge in [0.15, 0.2) is 0 Å². The van der Waals surface area contributed by atoms with Crippen molar-refractivity contribution in [1.29, 1.82) is 0 Å². The van der Waals surface area contributed by atoms with Gasteiger partial charge >= 0.3 is 0 Å². The summed E-state index contributed by atoms with van der Waals surface area (Å²) in [6.45, 7) is 6.42. The Balaban J connectivity index is 2.03. The van der Waals surface area contributed by atoms with Crippen molar-refractivity contribution in [1.82, 2.24) is 14.5 Å². The van der Waals surface area contributed by atoms with E-state index in [0.29, 0.717) is 36.9 Å². The molecule has 1 saturated heterocycles. The summed E-state index contributed by atoms with van der Waals surface area (Å²) >= 11 is 1.35. The number of carbonyl (C=O) groups excluding carboxylic acids is 1. The maximum atomic E-state index is 12.4. The van der Waals surface area contributed by atoms with Crippen LogP contribution in [0.15, 0.2) is 0 Å². The van der Waals surface area contributed by atoms with Crippen LogP contribution in [0.5, 0.6) is 0 Å². The van der Waals surface area contributed by atoms with Gasteiger partial charge in [0.05, 0.1) is 5.75 Å². The average molecular weight is 361 g/mol. The van der Waals surface area contributed by atoms with E-state index in [4.69, 9.17) is 0 Å². The SMILES string of the molecule is CCCS(=O)(=O)N1CCCC1C(=O)Nc1nnc(CC(C)C)s1. The Hall–Kier alpha value is -1.06. The molecule has 1 aromatic heterocycles. The van der Waals surface area contributed by atoms with Crippen molar-refractivity contribution in [3.8, 4) is 0 Å². The molecule has 7 nitrogen and oxygen atoms in total. The number of rotatable bonds is 7. The number of nitrogens with one attached hydrogen (secondary N) is 1. The summed E-state index contributed by atoms with van der Waals surface area (Å²) < 4.78 is 25.8. The average Bonchev–Trinajstić information content (AvgIpc) is 3.07. The highest BCUT2D eigenvalue weighted by atomic mass is 32.2. The summed E-state index contributed by atoms with van der Waals surface area (Å²) in [5, 5.41) is 12.1. The van der Waals surface area contributed by atoms with Crippen LogP contribution in [0, 0.1) is 5.92 Å². The number of sulfonamides is 1. The van der Waals surface area contributed by atoms with E-state index >= 15 is 0 Å². The van der Waals surface area contributed by atoms with Gasteiger partial charge in [0.2, 0.25) is 21.1 Å². The molecule has 2 rings (SSSR count). The first-order chi connectivity index (χ1) is 10.8. The van der Waals surface area contributed by atoms with Crippen molar-refractivity contribution in [2.45, 2.75) is 52.5 Å². The van der Waals surface area contributed by atoms with Gasteiger partial charge in [-0.1, -0.05) is 32.1 Å². The van der Waals surface area contributed by atoms with Crippen LogP contribution in [0.3, 0.4) is 0 Å². The van der Waals surface area contributed by atoms with Crippen LogP contribution in [-0.4, -0.2) is 47.2 Å². The van der Waals surface area contributed by atoms with Crippen molar-refractivity contribution in [3.05, 3.63) is 5.01 Å². The molecule has 1 atom stereocenters. The van der Waals surface area contributed by atoms with Gasteiger partial charge in [-0.2, -0.15) is 4.31 Å². The molecule has 0 aliphatic carbocycles. The molecule has 23 heavy (non-hydrogen) atoms. The van der Waals surface area contributed by atoms with Crippen molar-refractivity contribution < 1.29 is 13.2 Å². The fourth-order valence-corrected chi connectivity index (χ4v) is 5.34. The van der Waals surface area contributed by atoms with Crippen LogP contribution in [0.4, 0.5) is 5.13 Å². The Morgan fingerprint density at radius 1 is 1.43 bits per heavy atom. The minimum atomic E-state index is -3.37. The largest absolute Gasteiger partial charge is 0.299 e. The van der Waals surface area contributed by atoms with E-state index < -0.39 is 16.1 Å². The first kappa shape index (κ1) is 18.3. The highest BCUT2D eigenvalue weighted by molar-refractivity contribution is 7.89. The lowest BCUT2D eigenvalue weighted by atomic mass is 10.1. The Kier molecular flexibility index (Phi) is 6.10. The first-order valence-electron chi connectivity index (χ1n) is 7.96. The number of aromatic nitrogens is 2. The topological polar surface area (TPSA) is 92.3 Å². The molecule has 1 aliphatic rings. The molecule has 0 spiro atoms. The summed E-state index contributed by atoms with van der Waals surface area (Å²) in [6.07, 6.45) is 2.61. The van der Waals surface area contributed by atoms with E-state index in [1.54, 1.807) is 0 Å². The highest BCUT2D eigenvalue weighted by Gasteiger charge is 2.38. The molecule has 130 valence electrons. The molecule has 1 aliphatic heterocycles. The van der Waals surface area contributed by atoms with E-state index in [0.717, 1.165) is 11.4 Å². The minimum absolute atomic E-state index is 0.0775. The lowest BCUT2D eigenvalue weighted by Crippen LogP contribution is -2.44. The van der Waals surface area contributed by atoms with Crippen molar-refractivity contribution in [3.63, 3.8) is 0 Å². The predicted molar refractivity (Wildman–Crippen MR) is 90.9 cm³/mol. The van der Waals surface area contributed by atoms with E-state index in [1.165, 1.54) is 15.6 Å². The van der Waals surface area contributed by atoms with Gasteiger partial charge in [-0.05, 0) is 25.2 Å². The fourth-order valence-electron chi connectivity index (χ4n) is 2.63. The molecule has 1 amide bonds. The van der Waals surface area contributed by atoms with E-state index in [2.05, 4.69) is 29.4 Å². The van der Waals surface area contributed by atoms with Gasteiger partial charge in [0.25, 0.3) is 0 Å². The Labute approximate surface area is 141 Å². The van der Waals surface area contributed by atoms with E-state index in [1.807, 2.05) is 6.92 Å². The molecule has 0 bridgehead atoms. The normalized spacial score (nSPS) is 19.4. The van der Waals surface area contributed by atoms with Crippen LogP contribution in [0.2, 0.25) is 0 Å². The second-order valence-corrected chi connectivity index (χ2v) is 9.28. The molecule has 0 saturated carbocycles. The van der Waals surface area contributed by atoms with Crippen LogP contribution in [0.25, 0.3) is 0 Å². The lowest BCUT2D eigenvalue weighted by Gasteiger charge is -2.22. The maximum absolute atomic E-state index is 12.4. The summed E-state index contributed by atoms with van der Waals surface area (Å²) in [4.78, 5) is 12.4. The van der Waals surface area contributed by atoms with Gasteiger partial charge in [-0.25, -0.2) is 8.42 Å². The monoisotopic (exact) mass is 360 g/mol. The third kappa shape index (κ3) is 4.71. The van der Waals surface area contributed by atoms with Gasteiger partial charge < -0.3 is 0 Å². The number of hydrogen-bond acceptors (Lipinski definition) is 6. The standard InChI is InChI=1S/C14H24N4O3S2/c1-4-8-23(20,21)18-7-5-6-11(18)13(19)15-14-17-16-12(22-14)9-10(2)3/h10-11H,4-9H2,1-3H3,(H,15,17,19). The second-order valence-electron chi connectivity index (χ2n) is 6.17. The van der Waals surface area contributed by atoms with Crippen LogP contribution in [-0.2, 0) is 21.2 Å². The van der Waals surface area contributed by atoms with E-state index in [-0.39, 0.29) is 11.7 Å². The van der Waals surface area contributed by atoms with Crippen LogP contribution < -0.4 is 5.32 Å². The minimum Gasteiger partial charge on any atom is -0.299 e. The molecule has 1 aromatic rings. The molecule has 1 fully saturated rings. The molecular formula is C14H24N4O3S2. The van der Waals surface area contributed by atoms with Crippen molar-refractivity contribution in [2.75, 3.05) is 17.6 Å². The number of nitrogens with zero attached hydrogens (tertiary/aromatic N) is 3. The zero-order valence-corrected chi connectivity index (χ0v) is 15.4. The summed E-state index contributed by atoms with van der Waals surface area (Å²) in [5.74, 6) is 0.235. The predicted octanol–water partition coefficient (Wildman–Crippen LogP) is 1.88. The Morgan fingerprint density at radius 2 is 2.17 bits per heavy atom. The molecule has 1 N–H and O–H groups in total. The fraction of sp³-hybridized carbons (Fsp3) is 0.786.